The maximum atomic E-state index is 12.0. The molecule has 1 aliphatic rings. The summed E-state index contributed by atoms with van der Waals surface area (Å²) in [7, 11) is -2.09. The maximum absolute atomic E-state index is 12.0. The van der Waals surface area contributed by atoms with Gasteiger partial charge < -0.3 is 35.5 Å². The number of rotatable bonds is 8. The molecule has 1 aromatic rings. The topological polar surface area (TPSA) is 181 Å². The van der Waals surface area contributed by atoms with Crippen LogP contribution in [0.2, 0.25) is 0 Å². The molecule has 2 rings (SSSR count). The van der Waals surface area contributed by atoms with Gasteiger partial charge in [0.2, 0.25) is 8.53 Å². The summed E-state index contributed by atoms with van der Waals surface area (Å²) in [5.74, 6) is 0.0735. The number of aliphatic hydroxyl groups excluding tert-OH is 1. The van der Waals surface area contributed by atoms with Crippen LogP contribution in [0.5, 0.6) is 0 Å². The van der Waals surface area contributed by atoms with E-state index in [2.05, 4.69) is 4.98 Å². The Bertz CT molecular complexity index is 587. The normalized spacial score (nSPS) is 28.2. The zero-order valence-corrected chi connectivity index (χ0v) is 13.8. The predicted molar refractivity (Wildman–Crippen MR) is 85.5 cm³/mol. The van der Waals surface area contributed by atoms with Crippen molar-refractivity contribution >= 4 is 14.3 Å². The molecule has 0 spiro atoms. The Labute approximate surface area is 139 Å². The smallest absolute Gasteiger partial charge is 0.351 e. The van der Waals surface area contributed by atoms with Gasteiger partial charge in [0.1, 0.15) is 24.1 Å². The van der Waals surface area contributed by atoms with E-state index in [0.29, 0.717) is 13.0 Å². The highest BCUT2D eigenvalue weighted by Crippen LogP contribution is 2.33. The van der Waals surface area contributed by atoms with E-state index < -0.39 is 38.8 Å². The third-order valence-corrected chi connectivity index (χ3v) is 3.88. The molecule has 1 aliphatic heterocycles. The number of anilines is 1. The summed E-state index contributed by atoms with van der Waals surface area (Å²) in [6.45, 7) is 0.558. The van der Waals surface area contributed by atoms with E-state index >= 15 is 0 Å². The van der Waals surface area contributed by atoms with Crippen LogP contribution in [-0.4, -0.2) is 57.6 Å². The maximum Gasteiger partial charge on any atom is 0.351 e. The summed E-state index contributed by atoms with van der Waals surface area (Å²) in [6, 6.07) is 1.44. The highest BCUT2D eigenvalue weighted by molar-refractivity contribution is 7.43. The number of aliphatic hydroxyl groups is 1. The van der Waals surface area contributed by atoms with Gasteiger partial charge in [0, 0.05) is 12.8 Å². The van der Waals surface area contributed by atoms with Crippen molar-refractivity contribution in [2.75, 3.05) is 25.5 Å². The molecule has 1 aromatic heterocycles. The molecule has 2 heterocycles. The van der Waals surface area contributed by atoms with E-state index in [9.17, 15) is 9.90 Å². The quantitative estimate of drug-likeness (QED) is 0.256. The van der Waals surface area contributed by atoms with Crippen molar-refractivity contribution in [1.29, 1.82) is 0 Å². The average molecular weight is 363 g/mol. The number of nitrogens with two attached hydrogens (primary N) is 3. The van der Waals surface area contributed by atoms with Gasteiger partial charge in [-0.1, -0.05) is 0 Å². The third kappa shape index (κ3) is 4.68. The van der Waals surface area contributed by atoms with E-state index in [4.69, 9.17) is 35.9 Å². The number of nitrogen functional groups attached to an aromatic ring is 1. The molecule has 136 valence electrons. The van der Waals surface area contributed by atoms with Crippen LogP contribution in [0.1, 0.15) is 12.6 Å². The Kier molecular flexibility index (Phi) is 7.02. The van der Waals surface area contributed by atoms with Crippen LogP contribution in [0.25, 0.3) is 0 Å². The van der Waals surface area contributed by atoms with Crippen molar-refractivity contribution in [1.82, 2.24) is 9.55 Å². The first kappa shape index (κ1) is 19.2. The SMILES string of the molecule is NCCCO[C@@H]1[C@H](O)[C@@H](COP(N)O)O[C@H]1n1ccc(N)nc1=O. The molecular formula is C12H22N5O6P. The second kappa shape index (κ2) is 8.79. The van der Waals surface area contributed by atoms with Crippen LogP contribution in [0.15, 0.2) is 17.1 Å². The highest BCUT2D eigenvalue weighted by Gasteiger charge is 2.46. The highest BCUT2D eigenvalue weighted by atomic mass is 31.2. The lowest BCUT2D eigenvalue weighted by molar-refractivity contribution is -0.0733. The zero-order valence-electron chi connectivity index (χ0n) is 12.9. The Morgan fingerprint density at radius 3 is 2.88 bits per heavy atom. The lowest BCUT2D eigenvalue weighted by atomic mass is 10.1. The first-order valence-corrected chi connectivity index (χ1v) is 8.58. The van der Waals surface area contributed by atoms with Crippen molar-refractivity contribution in [2.45, 2.75) is 31.0 Å². The fourth-order valence-corrected chi connectivity index (χ4v) is 2.63. The van der Waals surface area contributed by atoms with Crippen LogP contribution in [0.4, 0.5) is 5.82 Å². The number of hydrogen-bond acceptors (Lipinski definition) is 10. The van der Waals surface area contributed by atoms with Gasteiger partial charge in [-0.2, -0.15) is 4.98 Å². The summed E-state index contributed by atoms with van der Waals surface area (Å²) in [5.41, 5.74) is 15.4. The third-order valence-electron chi connectivity index (χ3n) is 3.47. The summed E-state index contributed by atoms with van der Waals surface area (Å²) in [5, 5.41) is 10.4. The van der Waals surface area contributed by atoms with Crippen molar-refractivity contribution < 1.29 is 24.0 Å². The fourth-order valence-electron chi connectivity index (χ4n) is 2.33. The Hall–Kier alpha value is -1.17. The largest absolute Gasteiger partial charge is 0.387 e. The second-order valence-corrected chi connectivity index (χ2v) is 6.04. The molecule has 1 unspecified atom stereocenters. The molecule has 0 saturated carbocycles. The molecule has 0 radical (unpaired) electrons. The molecule has 0 bridgehead atoms. The van der Waals surface area contributed by atoms with Gasteiger partial charge >= 0.3 is 5.69 Å². The molecule has 0 aromatic carbocycles. The van der Waals surface area contributed by atoms with Crippen LogP contribution < -0.4 is 22.7 Å². The van der Waals surface area contributed by atoms with Gasteiger partial charge in [0.15, 0.2) is 6.23 Å². The summed E-state index contributed by atoms with van der Waals surface area (Å²) in [4.78, 5) is 24.7. The van der Waals surface area contributed by atoms with E-state index in [0.717, 1.165) is 0 Å². The van der Waals surface area contributed by atoms with Gasteiger partial charge in [0.05, 0.1) is 6.61 Å². The van der Waals surface area contributed by atoms with E-state index in [1.165, 1.54) is 16.8 Å². The van der Waals surface area contributed by atoms with Crippen molar-refractivity contribution in [3.05, 3.63) is 22.7 Å². The molecular weight excluding hydrogens is 341 g/mol. The molecule has 11 nitrogen and oxygen atoms in total. The van der Waals surface area contributed by atoms with Crippen LogP contribution >= 0.6 is 8.53 Å². The fraction of sp³-hybridized carbons (Fsp3) is 0.667. The Morgan fingerprint density at radius 2 is 2.25 bits per heavy atom. The lowest BCUT2D eigenvalue weighted by Crippen LogP contribution is -2.38. The molecule has 24 heavy (non-hydrogen) atoms. The Morgan fingerprint density at radius 1 is 1.50 bits per heavy atom. The van der Waals surface area contributed by atoms with Crippen LogP contribution in [0, 0.1) is 0 Å². The van der Waals surface area contributed by atoms with Gasteiger partial charge in [-0.15, -0.1) is 0 Å². The molecule has 1 fully saturated rings. The molecule has 1 saturated heterocycles. The van der Waals surface area contributed by atoms with Gasteiger partial charge in [-0.25, -0.2) is 4.79 Å². The molecule has 8 N–H and O–H groups in total. The predicted octanol–water partition coefficient (Wildman–Crippen LogP) is -1.99. The molecule has 0 amide bonds. The lowest BCUT2D eigenvalue weighted by Gasteiger charge is -2.22. The monoisotopic (exact) mass is 363 g/mol. The summed E-state index contributed by atoms with van der Waals surface area (Å²) in [6.07, 6.45) is -1.69. The second-order valence-electron chi connectivity index (χ2n) is 5.17. The van der Waals surface area contributed by atoms with Gasteiger partial charge in [0.25, 0.3) is 0 Å². The van der Waals surface area contributed by atoms with Crippen molar-refractivity contribution in [2.24, 2.45) is 11.2 Å². The van der Waals surface area contributed by atoms with Gasteiger partial charge in [-0.3, -0.25) is 10.1 Å². The van der Waals surface area contributed by atoms with Crippen molar-refractivity contribution in [3.8, 4) is 0 Å². The summed E-state index contributed by atoms with van der Waals surface area (Å²) < 4.78 is 17.4. The van der Waals surface area contributed by atoms with E-state index in [-0.39, 0.29) is 19.0 Å². The zero-order chi connectivity index (χ0) is 17.7. The van der Waals surface area contributed by atoms with Crippen LogP contribution in [0.3, 0.4) is 0 Å². The molecule has 12 heteroatoms. The van der Waals surface area contributed by atoms with Crippen molar-refractivity contribution in [3.63, 3.8) is 0 Å². The number of nitrogens with zero attached hydrogens (tertiary/aromatic N) is 2. The minimum Gasteiger partial charge on any atom is -0.387 e. The number of hydrogen-bond donors (Lipinski definition) is 5. The minimum absolute atomic E-state index is 0.0735. The molecule has 5 atom stereocenters. The van der Waals surface area contributed by atoms with E-state index in [1.807, 2.05) is 0 Å². The van der Waals surface area contributed by atoms with Gasteiger partial charge in [-0.05, 0) is 19.0 Å². The first-order chi connectivity index (χ1) is 11.4. The number of aromatic nitrogens is 2. The molecule has 0 aliphatic carbocycles. The Balaban J connectivity index is 2.19. The van der Waals surface area contributed by atoms with E-state index in [1.54, 1.807) is 0 Å². The standard InChI is InChI=1S/C12H22N5O6P/c13-3-1-5-21-10-9(18)7(6-22-24(15)20)23-11(10)17-4-2-8(14)16-12(17)19/h2,4,7,9-11,18,20H,1,3,5-6,13,15H2,(H2,14,16,19)/t7-,9-,10-,11-,24?/m1/s1. The summed E-state index contributed by atoms with van der Waals surface area (Å²) >= 11 is 0. The number of ether oxygens (including phenoxy) is 2. The average Bonchev–Trinajstić information content (AvgIpc) is 2.82. The first-order valence-electron chi connectivity index (χ1n) is 7.30. The van der Waals surface area contributed by atoms with Crippen LogP contribution in [-0.2, 0) is 14.0 Å². The minimum atomic E-state index is -2.09.